The molecule has 0 bridgehead atoms. The largest absolute Gasteiger partial charge is 0.497 e. The monoisotopic (exact) mass is 428 g/mol. The molecule has 1 aromatic carbocycles. The molecule has 0 saturated heterocycles. The summed E-state index contributed by atoms with van der Waals surface area (Å²) in [4.78, 5) is 29.7. The maximum Gasteiger partial charge on any atom is 0.322 e. The highest BCUT2D eigenvalue weighted by molar-refractivity contribution is 5.92. The summed E-state index contributed by atoms with van der Waals surface area (Å²) in [6.45, 7) is 9.93. The van der Waals surface area contributed by atoms with E-state index in [0.29, 0.717) is 37.0 Å². The molecule has 0 spiro atoms. The van der Waals surface area contributed by atoms with Crippen molar-refractivity contribution in [3.8, 4) is 5.75 Å². The zero-order chi connectivity index (χ0) is 23.0. The van der Waals surface area contributed by atoms with E-state index in [-0.39, 0.29) is 24.4 Å². The molecule has 0 unspecified atom stereocenters. The molecule has 31 heavy (non-hydrogen) atoms. The fourth-order valence-corrected chi connectivity index (χ4v) is 3.38. The molecular formula is C24H36N4O3. The number of amides is 3. The van der Waals surface area contributed by atoms with Gasteiger partial charge in [0.2, 0.25) is 5.91 Å². The van der Waals surface area contributed by atoms with Crippen LogP contribution in [-0.2, 0) is 18.4 Å². The Hall–Kier alpha value is -2.96. The van der Waals surface area contributed by atoms with E-state index < -0.39 is 0 Å². The van der Waals surface area contributed by atoms with E-state index in [4.69, 9.17) is 4.74 Å². The number of carbonyl (C=O) groups is 2. The number of aromatic nitrogens is 1. The summed E-state index contributed by atoms with van der Waals surface area (Å²) >= 11 is 0. The van der Waals surface area contributed by atoms with E-state index in [9.17, 15) is 9.59 Å². The average Bonchev–Trinajstić information content (AvgIpc) is 3.10. The molecule has 1 heterocycles. The number of methoxy groups -OCH3 is 1. The molecule has 1 aromatic heterocycles. The third-order valence-electron chi connectivity index (χ3n) is 4.86. The number of nitrogens with one attached hydrogen (secondary N) is 1. The lowest BCUT2D eigenvalue weighted by Gasteiger charge is -2.30. The van der Waals surface area contributed by atoms with Crippen LogP contribution in [0.1, 0.15) is 33.4 Å². The first-order chi connectivity index (χ1) is 14.7. The minimum atomic E-state index is -0.293. The predicted molar refractivity (Wildman–Crippen MR) is 124 cm³/mol. The summed E-state index contributed by atoms with van der Waals surface area (Å²) < 4.78 is 7.24. The molecular weight excluding hydrogens is 392 g/mol. The van der Waals surface area contributed by atoms with Gasteiger partial charge in [0.15, 0.2) is 0 Å². The van der Waals surface area contributed by atoms with Gasteiger partial charge in [0, 0.05) is 43.8 Å². The first kappa shape index (κ1) is 24.3. The van der Waals surface area contributed by atoms with Crippen LogP contribution in [-0.4, -0.2) is 53.0 Å². The molecule has 0 atom stereocenters. The lowest BCUT2D eigenvalue weighted by molar-refractivity contribution is -0.133. The standard InChI is InChI=1S/C24H36N4O3/c1-18(2)14-27(16-21-10-8-12-26(21)5)23(29)17-28(15-19(3)4)24(30)25-20-9-7-11-22(13-20)31-6/h7-13,18-19H,14-17H2,1-6H3,(H,25,30). The minimum Gasteiger partial charge on any atom is -0.497 e. The van der Waals surface area contributed by atoms with Crippen LogP contribution in [0.2, 0.25) is 0 Å². The van der Waals surface area contributed by atoms with Gasteiger partial charge >= 0.3 is 6.03 Å². The smallest absolute Gasteiger partial charge is 0.322 e. The van der Waals surface area contributed by atoms with Crippen molar-refractivity contribution in [2.75, 3.05) is 32.1 Å². The van der Waals surface area contributed by atoms with Crippen molar-refractivity contribution in [1.82, 2.24) is 14.4 Å². The van der Waals surface area contributed by atoms with Crippen molar-refractivity contribution in [3.63, 3.8) is 0 Å². The maximum atomic E-state index is 13.2. The number of rotatable bonds is 10. The molecule has 7 nitrogen and oxygen atoms in total. The number of ether oxygens (including phenoxy) is 1. The zero-order valence-corrected chi connectivity index (χ0v) is 19.6. The number of carbonyl (C=O) groups excluding carboxylic acids is 2. The lowest BCUT2D eigenvalue weighted by Crippen LogP contribution is -2.46. The summed E-state index contributed by atoms with van der Waals surface area (Å²) in [5.74, 6) is 1.16. The van der Waals surface area contributed by atoms with E-state index in [1.165, 1.54) is 0 Å². The molecule has 3 amide bonds. The summed E-state index contributed by atoms with van der Waals surface area (Å²) in [6, 6.07) is 10.9. The van der Waals surface area contributed by atoms with Crippen molar-refractivity contribution in [1.29, 1.82) is 0 Å². The topological polar surface area (TPSA) is 66.8 Å². The molecule has 170 valence electrons. The van der Waals surface area contributed by atoms with Crippen molar-refractivity contribution in [3.05, 3.63) is 48.3 Å². The van der Waals surface area contributed by atoms with Gasteiger partial charge in [-0.25, -0.2) is 4.79 Å². The maximum absolute atomic E-state index is 13.2. The minimum absolute atomic E-state index is 0.0329. The Morgan fingerprint density at radius 1 is 1.03 bits per heavy atom. The van der Waals surface area contributed by atoms with Gasteiger partial charge in [-0.2, -0.15) is 0 Å². The van der Waals surface area contributed by atoms with Gasteiger partial charge in [0.25, 0.3) is 0 Å². The fraction of sp³-hybridized carbons (Fsp3) is 0.500. The number of aryl methyl sites for hydroxylation is 1. The summed E-state index contributed by atoms with van der Waals surface area (Å²) in [7, 11) is 3.56. The molecule has 0 saturated carbocycles. The Labute approximate surface area is 186 Å². The van der Waals surface area contributed by atoms with Gasteiger partial charge < -0.3 is 24.4 Å². The molecule has 0 aliphatic heterocycles. The normalized spacial score (nSPS) is 11.0. The quantitative estimate of drug-likeness (QED) is 0.616. The molecule has 2 rings (SSSR count). The predicted octanol–water partition coefficient (Wildman–Crippen LogP) is 4.21. The third-order valence-corrected chi connectivity index (χ3v) is 4.86. The average molecular weight is 429 g/mol. The van der Waals surface area contributed by atoms with Crippen molar-refractivity contribution >= 4 is 17.6 Å². The SMILES string of the molecule is COc1cccc(NC(=O)N(CC(=O)N(Cc2cccn2C)CC(C)C)CC(C)C)c1. The summed E-state index contributed by atoms with van der Waals surface area (Å²) in [6.07, 6.45) is 1.97. The second-order valence-electron chi connectivity index (χ2n) is 8.72. The number of urea groups is 1. The van der Waals surface area contributed by atoms with Gasteiger partial charge in [-0.15, -0.1) is 0 Å². The highest BCUT2D eigenvalue weighted by Crippen LogP contribution is 2.18. The van der Waals surface area contributed by atoms with Gasteiger partial charge in [0.1, 0.15) is 12.3 Å². The highest BCUT2D eigenvalue weighted by Gasteiger charge is 2.23. The van der Waals surface area contributed by atoms with Crippen LogP contribution < -0.4 is 10.1 Å². The molecule has 0 aliphatic rings. The van der Waals surface area contributed by atoms with Gasteiger partial charge in [0.05, 0.1) is 13.7 Å². The summed E-state index contributed by atoms with van der Waals surface area (Å²) in [5.41, 5.74) is 1.69. The second kappa shape index (κ2) is 11.4. The number of nitrogens with zero attached hydrogens (tertiary/aromatic N) is 3. The lowest BCUT2D eigenvalue weighted by atomic mass is 10.2. The Bertz CT molecular complexity index is 860. The number of anilines is 1. The van der Waals surface area contributed by atoms with Gasteiger partial charge in [-0.05, 0) is 36.1 Å². The van der Waals surface area contributed by atoms with Gasteiger partial charge in [-0.3, -0.25) is 4.79 Å². The fourth-order valence-electron chi connectivity index (χ4n) is 3.38. The summed E-state index contributed by atoms with van der Waals surface area (Å²) in [5, 5.41) is 2.89. The van der Waals surface area contributed by atoms with Gasteiger partial charge in [-0.1, -0.05) is 33.8 Å². The zero-order valence-electron chi connectivity index (χ0n) is 19.6. The van der Waals surface area contributed by atoms with Crippen LogP contribution in [0.5, 0.6) is 5.75 Å². The van der Waals surface area contributed by atoms with E-state index in [0.717, 1.165) is 5.69 Å². The molecule has 0 aliphatic carbocycles. The number of hydrogen-bond acceptors (Lipinski definition) is 3. The third kappa shape index (κ3) is 7.66. The van der Waals surface area contributed by atoms with E-state index >= 15 is 0 Å². The van der Waals surface area contributed by atoms with Crippen LogP contribution in [0.3, 0.4) is 0 Å². The van der Waals surface area contributed by atoms with Crippen LogP contribution >= 0.6 is 0 Å². The molecule has 1 N–H and O–H groups in total. The first-order valence-electron chi connectivity index (χ1n) is 10.8. The molecule has 2 aromatic rings. The van der Waals surface area contributed by atoms with Crippen molar-refractivity contribution in [2.24, 2.45) is 18.9 Å². The van der Waals surface area contributed by atoms with Crippen LogP contribution in [0.4, 0.5) is 10.5 Å². The molecule has 0 fully saturated rings. The highest BCUT2D eigenvalue weighted by atomic mass is 16.5. The van der Waals surface area contributed by atoms with Crippen LogP contribution in [0, 0.1) is 11.8 Å². The Morgan fingerprint density at radius 3 is 2.29 bits per heavy atom. The van der Waals surface area contributed by atoms with E-state index in [2.05, 4.69) is 19.2 Å². The van der Waals surface area contributed by atoms with E-state index in [1.54, 1.807) is 24.1 Å². The number of benzene rings is 1. The number of hydrogen-bond donors (Lipinski definition) is 1. The molecule has 0 radical (unpaired) electrons. The Morgan fingerprint density at radius 2 is 1.71 bits per heavy atom. The first-order valence-corrected chi connectivity index (χ1v) is 10.8. The Balaban J connectivity index is 2.14. The van der Waals surface area contributed by atoms with E-state index in [1.807, 2.05) is 60.8 Å². The Kier molecular flexibility index (Phi) is 8.97. The van der Waals surface area contributed by atoms with Crippen LogP contribution in [0.15, 0.2) is 42.6 Å². The molecule has 7 heteroatoms. The second-order valence-corrected chi connectivity index (χ2v) is 8.72. The van der Waals surface area contributed by atoms with Crippen molar-refractivity contribution in [2.45, 2.75) is 34.2 Å². The van der Waals surface area contributed by atoms with Crippen molar-refractivity contribution < 1.29 is 14.3 Å². The van der Waals surface area contributed by atoms with Crippen LogP contribution in [0.25, 0.3) is 0 Å².